The van der Waals surface area contributed by atoms with Gasteiger partial charge in [0.15, 0.2) is 0 Å². The summed E-state index contributed by atoms with van der Waals surface area (Å²) in [7, 11) is 0. The lowest BCUT2D eigenvalue weighted by molar-refractivity contribution is -0.142. The van der Waals surface area contributed by atoms with Gasteiger partial charge in [-0.15, -0.1) is 11.8 Å². The molecule has 1 aromatic rings. The molecule has 0 spiro atoms. The van der Waals surface area contributed by atoms with E-state index in [0.717, 1.165) is 6.42 Å². The highest BCUT2D eigenvalue weighted by Gasteiger charge is 2.49. The molecule has 1 aliphatic rings. The second kappa shape index (κ2) is 5.76. The van der Waals surface area contributed by atoms with Crippen LogP contribution in [-0.4, -0.2) is 34.8 Å². The van der Waals surface area contributed by atoms with E-state index in [9.17, 15) is 9.90 Å². The molecule has 1 aliphatic heterocycles. The highest BCUT2D eigenvalue weighted by molar-refractivity contribution is 8.00. The fraction of sp³-hybridized carbons (Fsp3) is 0.500. The van der Waals surface area contributed by atoms with Gasteiger partial charge in [-0.3, -0.25) is 4.79 Å². The molecular weight excluding hydrogens is 248 g/mol. The van der Waals surface area contributed by atoms with Crippen molar-refractivity contribution in [1.82, 2.24) is 0 Å². The summed E-state index contributed by atoms with van der Waals surface area (Å²) in [5, 5.41) is 10.3. The molecule has 2 rings (SSSR count). The van der Waals surface area contributed by atoms with Gasteiger partial charge in [0.25, 0.3) is 0 Å². The smallest absolute Gasteiger partial charge is 0.325 e. The van der Waals surface area contributed by atoms with E-state index >= 15 is 0 Å². The van der Waals surface area contributed by atoms with Gasteiger partial charge < -0.3 is 9.84 Å². The van der Waals surface area contributed by atoms with Crippen LogP contribution in [0.25, 0.3) is 0 Å². The highest BCUT2D eigenvalue weighted by Crippen LogP contribution is 2.38. The van der Waals surface area contributed by atoms with E-state index in [2.05, 4.69) is 0 Å². The Hall–Kier alpha value is -1.00. The van der Waals surface area contributed by atoms with Crippen molar-refractivity contribution in [3.05, 3.63) is 35.9 Å². The number of thioether (sulfide) groups is 1. The SMILES string of the molecule is CS[C@]1([C@H](O)CCc2ccccc2)CCOC1=O. The van der Waals surface area contributed by atoms with Crippen LogP contribution in [0, 0.1) is 0 Å². The number of rotatable bonds is 5. The first-order valence-corrected chi connectivity index (χ1v) is 7.36. The molecule has 1 fully saturated rings. The van der Waals surface area contributed by atoms with E-state index in [1.807, 2.05) is 36.6 Å². The number of aliphatic hydroxyl groups excluding tert-OH is 1. The van der Waals surface area contributed by atoms with E-state index in [-0.39, 0.29) is 5.97 Å². The van der Waals surface area contributed by atoms with E-state index in [4.69, 9.17) is 4.74 Å². The fourth-order valence-electron chi connectivity index (χ4n) is 2.32. The minimum absolute atomic E-state index is 0.268. The molecule has 98 valence electrons. The first-order chi connectivity index (χ1) is 8.69. The molecule has 3 nitrogen and oxygen atoms in total. The van der Waals surface area contributed by atoms with Gasteiger partial charge in [0.2, 0.25) is 0 Å². The molecule has 0 saturated carbocycles. The van der Waals surface area contributed by atoms with Crippen LogP contribution in [0.15, 0.2) is 30.3 Å². The molecule has 0 amide bonds. The van der Waals surface area contributed by atoms with Gasteiger partial charge in [0, 0.05) is 6.42 Å². The van der Waals surface area contributed by atoms with Crippen molar-refractivity contribution in [2.45, 2.75) is 30.1 Å². The van der Waals surface area contributed by atoms with E-state index in [0.29, 0.717) is 19.4 Å². The maximum absolute atomic E-state index is 11.8. The van der Waals surface area contributed by atoms with Crippen molar-refractivity contribution >= 4 is 17.7 Å². The maximum atomic E-state index is 11.8. The predicted octanol–water partition coefficient (Wildman–Crippen LogP) is 2.03. The number of hydrogen-bond donors (Lipinski definition) is 1. The Kier molecular flexibility index (Phi) is 4.30. The van der Waals surface area contributed by atoms with Gasteiger partial charge in [-0.25, -0.2) is 0 Å². The number of benzene rings is 1. The van der Waals surface area contributed by atoms with Gasteiger partial charge in [-0.2, -0.15) is 0 Å². The summed E-state index contributed by atoms with van der Waals surface area (Å²) in [5.74, 6) is -0.268. The van der Waals surface area contributed by atoms with Gasteiger partial charge in [0.05, 0.1) is 12.7 Å². The number of esters is 1. The lowest BCUT2D eigenvalue weighted by Gasteiger charge is -2.28. The average Bonchev–Trinajstić information content (AvgIpc) is 2.79. The van der Waals surface area contributed by atoms with Gasteiger partial charge in [0.1, 0.15) is 4.75 Å². The third kappa shape index (κ3) is 2.54. The van der Waals surface area contributed by atoms with E-state index < -0.39 is 10.9 Å². The Morgan fingerprint density at radius 1 is 1.44 bits per heavy atom. The summed E-state index contributed by atoms with van der Waals surface area (Å²) in [5.41, 5.74) is 1.18. The number of cyclic esters (lactones) is 1. The quantitative estimate of drug-likeness (QED) is 0.828. The Labute approximate surface area is 112 Å². The van der Waals surface area contributed by atoms with Crippen LogP contribution in [-0.2, 0) is 16.0 Å². The Balaban J connectivity index is 1.99. The van der Waals surface area contributed by atoms with Crippen molar-refractivity contribution in [3.63, 3.8) is 0 Å². The highest BCUT2D eigenvalue weighted by atomic mass is 32.2. The van der Waals surface area contributed by atoms with Gasteiger partial charge in [-0.1, -0.05) is 30.3 Å². The summed E-state index contributed by atoms with van der Waals surface area (Å²) in [6, 6.07) is 10.0. The molecule has 1 heterocycles. The molecule has 0 aromatic heterocycles. The summed E-state index contributed by atoms with van der Waals surface area (Å²) >= 11 is 1.41. The number of ether oxygens (including phenoxy) is 1. The molecule has 0 unspecified atom stereocenters. The molecule has 0 bridgehead atoms. The van der Waals surface area contributed by atoms with E-state index in [1.165, 1.54) is 17.3 Å². The maximum Gasteiger partial charge on any atom is 0.325 e. The van der Waals surface area contributed by atoms with Crippen LogP contribution < -0.4 is 0 Å². The zero-order valence-corrected chi connectivity index (χ0v) is 11.3. The zero-order valence-electron chi connectivity index (χ0n) is 10.5. The number of aryl methyl sites for hydroxylation is 1. The van der Waals surface area contributed by atoms with E-state index in [1.54, 1.807) is 0 Å². The summed E-state index contributed by atoms with van der Waals surface area (Å²) < 4.78 is 4.26. The largest absolute Gasteiger partial charge is 0.465 e. The monoisotopic (exact) mass is 266 g/mol. The molecule has 4 heteroatoms. The predicted molar refractivity (Wildman–Crippen MR) is 72.6 cm³/mol. The van der Waals surface area contributed by atoms with Gasteiger partial charge in [-0.05, 0) is 24.7 Å². The van der Waals surface area contributed by atoms with Crippen molar-refractivity contribution in [2.24, 2.45) is 0 Å². The normalized spacial score (nSPS) is 24.9. The minimum atomic E-state index is -0.755. The number of aliphatic hydroxyl groups is 1. The zero-order chi connectivity index (χ0) is 13.0. The summed E-state index contributed by atoms with van der Waals surface area (Å²) in [4.78, 5) is 11.8. The molecular formula is C14H18O3S. The second-order valence-electron chi connectivity index (χ2n) is 4.52. The first kappa shape index (κ1) is 13.4. The third-order valence-electron chi connectivity index (χ3n) is 3.50. The van der Waals surface area contributed by atoms with Crippen LogP contribution in [0.5, 0.6) is 0 Å². The lowest BCUT2D eigenvalue weighted by Crippen LogP contribution is -2.43. The molecule has 1 N–H and O–H groups in total. The molecule has 0 radical (unpaired) electrons. The van der Waals surface area contributed by atoms with Crippen LogP contribution in [0.2, 0.25) is 0 Å². The first-order valence-electron chi connectivity index (χ1n) is 6.13. The standard InChI is InChI=1S/C14H18O3S/c1-18-14(9-10-17-13(14)16)12(15)8-7-11-5-3-2-4-6-11/h2-6,12,15H,7-10H2,1H3/t12-,14+/m1/s1. The average molecular weight is 266 g/mol. The minimum Gasteiger partial charge on any atom is -0.465 e. The molecule has 1 saturated heterocycles. The van der Waals surface area contributed by atoms with Crippen molar-refractivity contribution in [2.75, 3.05) is 12.9 Å². The summed E-state index contributed by atoms with van der Waals surface area (Å²) in [6.07, 6.45) is 3.17. The Bertz CT molecular complexity index is 407. The second-order valence-corrected chi connectivity index (χ2v) is 5.66. The molecule has 0 aliphatic carbocycles. The number of carbonyl (C=O) groups excluding carboxylic acids is 1. The van der Waals surface area contributed by atoms with Crippen molar-refractivity contribution < 1.29 is 14.6 Å². The van der Waals surface area contributed by atoms with Crippen molar-refractivity contribution in [1.29, 1.82) is 0 Å². The Morgan fingerprint density at radius 2 is 2.17 bits per heavy atom. The number of hydrogen-bond acceptors (Lipinski definition) is 4. The van der Waals surface area contributed by atoms with Crippen molar-refractivity contribution in [3.8, 4) is 0 Å². The van der Waals surface area contributed by atoms with Gasteiger partial charge >= 0.3 is 5.97 Å². The number of carbonyl (C=O) groups is 1. The van der Waals surface area contributed by atoms with Crippen LogP contribution >= 0.6 is 11.8 Å². The van der Waals surface area contributed by atoms with Crippen LogP contribution in [0.3, 0.4) is 0 Å². The topological polar surface area (TPSA) is 46.5 Å². The van der Waals surface area contributed by atoms with Crippen LogP contribution in [0.1, 0.15) is 18.4 Å². The Morgan fingerprint density at radius 3 is 2.72 bits per heavy atom. The lowest BCUT2D eigenvalue weighted by atomic mass is 9.94. The molecule has 2 atom stereocenters. The molecule has 1 aromatic carbocycles. The summed E-state index contributed by atoms with van der Waals surface area (Å²) in [6.45, 7) is 0.419. The van der Waals surface area contributed by atoms with Crippen LogP contribution in [0.4, 0.5) is 0 Å². The third-order valence-corrected chi connectivity index (χ3v) is 4.88. The fourth-order valence-corrected chi connectivity index (χ4v) is 3.23. The molecule has 18 heavy (non-hydrogen) atoms.